The lowest BCUT2D eigenvalue weighted by Gasteiger charge is -2.30. The van der Waals surface area contributed by atoms with Crippen molar-refractivity contribution in [3.05, 3.63) is 58.0 Å². The van der Waals surface area contributed by atoms with Gasteiger partial charge >= 0.3 is 6.18 Å². The Balaban J connectivity index is 2.11. The van der Waals surface area contributed by atoms with Crippen molar-refractivity contribution in [2.45, 2.75) is 25.3 Å². The molecule has 0 amide bonds. The van der Waals surface area contributed by atoms with Gasteiger partial charge in [0.2, 0.25) is 0 Å². The van der Waals surface area contributed by atoms with Gasteiger partial charge in [0.15, 0.2) is 0 Å². The summed E-state index contributed by atoms with van der Waals surface area (Å²) in [4.78, 5) is 0.448. The maximum Gasteiger partial charge on any atom is 0.404 e. The number of allylic oxidation sites excluding steroid dienone is 3. The summed E-state index contributed by atoms with van der Waals surface area (Å²) in [6.45, 7) is 3.64. The highest BCUT2D eigenvalue weighted by atomic mass is 32.2. The predicted molar refractivity (Wildman–Crippen MR) is 78.9 cm³/mol. The molecule has 2 aliphatic heterocycles. The molecule has 0 saturated carbocycles. The van der Waals surface area contributed by atoms with Crippen LogP contribution in [0, 0.1) is 5.82 Å². The Morgan fingerprint density at radius 2 is 1.95 bits per heavy atom. The standard InChI is InChI=1S/C16H12F4OS/c1-8(2)14-10-4-3-9(17)7-12(10)21-11-5-6-13(16(18,19)20)22-15(11)14/h3-7,13H,1-2H3. The lowest BCUT2D eigenvalue weighted by atomic mass is 9.97. The molecule has 6 heteroatoms. The van der Waals surface area contributed by atoms with E-state index in [-0.39, 0.29) is 0 Å². The van der Waals surface area contributed by atoms with Crippen LogP contribution in [0.4, 0.5) is 17.6 Å². The summed E-state index contributed by atoms with van der Waals surface area (Å²) in [5, 5.41) is -1.61. The zero-order chi connectivity index (χ0) is 16.1. The number of hydrogen-bond donors (Lipinski definition) is 0. The normalized spacial score (nSPS) is 20.5. The Morgan fingerprint density at radius 1 is 1.23 bits per heavy atom. The minimum absolute atomic E-state index is 0.325. The summed E-state index contributed by atoms with van der Waals surface area (Å²) in [6, 6.07) is 4.07. The second-order valence-electron chi connectivity index (χ2n) is 5.25. The minimum atomic E-state index is -4.32. The van der Waals surface area contributed by atoms with Gasteiger partial charge in [-0.2, -0.15) is 13.2 Å². The van der Waals surface area contributed by atoms with E-state index in [0.717, 1.165) is 23.4 Å². The van der Waals surface area contributed by atoms with E-state index in [1.807, 2.05) is 13.8 Å². The molecule has 0 spiro atoms. The molecule has 0 aliphatic carbocycles. The van der Waals surface area contributed by atoms with Crippen molar-refractivity contribution in [3.63, 3.8) is 0 Å². The molecule has 0 radical (unpaired) electrons. The molecule has 1 nitrogen and oxygen atoms in total. The lowest BCUT2D eigenvalue weighted by molar-refractivity contribution is -0.120. The van der Waals surface area contributed by atoms with Crippen molar-refractivity contribution in [2.24, 2.45) is 0 Å². The van der Waals surface area contributed by atoms with Crippen LogP contribution >= 0.6 is 11.8 Å². The van der Waals surface area contributed by atoms with Crippen LogP contribution in [-0.2, 0) is 0 Å². The molecule has 0 N–H and O–H groups in total. The number of fused-ring (bicyclic) bond motifs is 1. The maximum absolute atomic E-state index is 13.4. The second-order valence-corrected chi connectivity index (χ2v) is 6.40. The van der Waals surface area contributed by atoms with E-state index in [9.17, 15) is 17.6 Å². The Kier molecular flexibility index (Phi) is 3.59. The highest BCUT2D eigenvalue weighted by Gasteiger charge is 2.42. The first-order valence-electron chi connectivity index (χ1n) is 6.59. The summed E-state index contributed by atoms with van der Waals surface area (Å²) in [6.07, 6.45) is -1.94. The fourth-order valence-corrected chi connectivity index (χ4v) is 3.64. The fraction of sp³-hybridized carbons (Fsp3) is 0.250. The van der Waals surface area contributed by atoms with E-state index in [4.69, 9.17) is 4.74 Å². The van der Waals surface area contributed by atoms with Crippen LogP contribution in [-0.4, -0.2) is 11.4 Å². The van der Waals surface area contributed by atoms with Gasteiger partial charge in [-0.15, -0.1) is 11.8 Å². The molecule has 1 aromatic rings. The molecule has 2 heterocycles. The number of thioether (sulfide) groups is 1. The smallest absolute Gasteiger partial charge is 0.404 e. The summed E-state index contributed by atoms with van der Waals surface area (Å²) >= 11 is 0.718. The Bertz CT molecular complexity index is 724. The maximum atomic E-state index is 13.4. The minimum Gasteiger partial charge on any atom is -0.455 e. The van der Waals surface area contributed by atoms with E-state index in [0.29, 0.717) is 27.6 Å². The van der Waals surface area contributed by atoms with Gasteiger partial charge in [0.1, 0.15) is 22.6 Å². The van der Waals surface area contributed by atoms with E-state index >= 15 is 0 Å². The van der Waals surface area contributed by atoms with Gasteiger partial charge in [-0.25, -0.2) is 4.39 Å². The summed E-state index contributed by atoms with van der Waals surface area (Å²) in [5.41, 5.74) is 2.15. The third kappa shape index (κ3) is 2.56. The van der Waals surface area contributed by atoms with Crippen LogP contribution in [0.3, 0.4) is 0 Å². The molecule has 1 aromatic carbocycles. The van der Waals surface area contributed by atoms with Gasteiger partial charge in [-0.05, 0) is 32.1 Å². The molecule has 1 atom stereocenters. The topological polar surface area (TPSA) is 9.23 Å². The van der Waals surface area contributed by atoms with E-state index in [2.05, 4.69) is 0 Å². The van der Waals surface area contributed by atoms with Gasteiger partial charge in [0.05, 0.1) is 4.91 Å². The first-order valence-corrected chi connectivity index (χ1v) is 7.47. The highest BCUT2D eigenvalue weighted by Crippen LogP contribution is 2.51. The van der Waals surface area contributed by atoms with E-state index in [1.165, 1.54) is 24.3 Å². The average molecular weight is 328 g/mol. The molecule has 22 heavy (non-hydrogen) atoms. The van der Waals surface area contributed by atoms with Crippen LogP contribution in [0.25, 0.3) is 5.57 Å². The van der Waals surface area contributed by atoms with Crippen molar-refractivity contribution in [1.29, 1.82) is 0 Å². The zero-order valence-electron chi connectivity index (χ0n) is 11.8. The predicted octanol–water partition coefficient (Wildman–Crippen LogP) is 5.46. The molecule has 116 valence electrons. The SMILES string of the molecule is CC(C)=C1C2=C(C=CC(C(F)(F)F)S2)Oc2cc(F)ccc21. The van der Waals surface area contributed by atoms with Crippen LogP contribution in [0.15, 0.2) is 46.6 Å². The number of alkyl halides is 3. The lowest BCUT2D eigenvalue weighted by Crippen LogP contribution is -2.26. The third-order valence-electron chi connectivity index (χ3n) is 3.37. The molecular formula is C16H12F4OS. The molecule has 1 unspecified atom stereocenters. The molecule has 2 aliphatic rings. The van der Waals surface area contributed by atoms with Gasteiger partial charge in [-0.1, -0.05) is 11.6 Å². The van der Waals surface area contributed by atoms with Gasteiger partial charge < -0.3 is 4.74 Å². The Morgan fingerprint density at radius 3 is 2.59 bits per heavy atom. The van der Waals surface area contributed by atoms with Crippen molar-refractivity contribution < 1.29 is 22.3 Å². The number of ether oxygens (including phenoxy) is 1. The summed E-state index contributed by atoms with van der Waals surface area (Å²) in [7, 11) is 0. The van der Waals surface area contributed by atoms with Crippen molar-refractivity contribution in [1.82, 2.24) is 0 Å². The molecule has 0 aromatic heterocycles. The average Bonchev–Trinajstić information content (AvgIpc) is 2.42. The number of hydrogen-bond acceptors (Lipinski definition) is 2. The highest BCUT2D eigenvalue weighted by molar-refractivity contribution is 8.04. The number of benzene rings is 1. The Hall–Kier alpha value is -1.69. The third-order valence-corrected chi connectivity index (χ3v) is 4.69. The largest absolute Gasteiger partial charge is 0.455 e. The molecule has 0 bridgehead atoms. The number of halogens is 4. The quantitative estimate of drug-likeness (QED) is 0.585. The number of rotatable bonds is 0. The Labute approximate surface area is 129 Å². The first-order chi connectivity index (χ1) is 10.3. The van der Waals surface area contributed by atoms with Gasteiger partial charge in [-0.3, -0.25) is 0 Å². The van der Waals surface area contributed by atoms with Crippen molar-refractivity contribution in [3.8, 4) is 5.75 Å². The van der Waals surface area contributed by atoms with Crippen molar-refractivity contribution >= 4 is 17.3 Å². The van der Waals surface area contributed by atoms with E-state index in [1.54, 1.807) is 0 Å². The first kappa shape index (κ1) is 15.2. The molecule has 3 rings (SSSR count). The monoisotopic (exact) mass is 328 g/mol. The van der Waals surface area contributed by atoms with Crippen LogP contribution in [0.2, 0.25) is 0 Å². The summed E-state index contributed by atoms with van der Waals surface area (Å²) < 4.78 is 57.9. The van der Waals surface area contributed by atoms with Gasteiger partial charge in [0.25, 0.3) is 0 Å². The molecule has 0 saturated heterocycles. The van der Waals surface area contributed by atoms with E-state index < -0.39 is 17.2 Å². The molecule has 0 fully saturated rings. The fourth-order valence-electron chi connectivity index (χ4n) is 2.44. The zero-order valence-corrected chi connectivity index (χ0v) is 12.6. The molecular weight excluding hydrogens is 316 g/mol. The van der Waals surface area contributed by atoms with Crippen LogP contribution in [0.1, 0.15) is 19.4 Å². The second kappa shape index (κ2) is 5.19. The van der Waals surface area contributed by atoms with Crippen molar-refractivity contribution in [2.75, 3.05) is 0 Å². The van der Waals surface area contributed by atoms with Gasteiger partial charge in [0, 0.05) is 17.2 Å². The van der Waals surface area contributed by atoms with Crippen LogP contribution < -0.4 is 4.74 Å². The van der Waals surface area contributed by atoms with Crippen LogP contribution in [0.5, 0.6) is 5.75 Å². The summed E-state index contributed by atoms with van der Waals surface area (Å²) in [5.74, 6) is 0.210.